The lowest BCUT2D eigenvalue weighted by atomic mass is 10.2. The summed E-state index contributed by atoms with van der Waals surface area (Å²) in [6.07, 6.45) is 0.645. The highest BCUT2D eigenvalue weighted by Crippen LogP contribution is 2.14. The Balaban J connectivity index is 2.71. The van der Waals surface area contributed by atoms with E-state index in [0.717, 1.165) is 5.69 Å². The van der Waals surface area contributed by atoms with Gasteiger partial charge in [-0.05, 0) is 18.6 Å². The molecule has 0 aliphatic carbocycles. The van der Waals surface area contributed by atoms with Crippen LogP contribution in [0.5, 0.6) is 0 Å². The minimum atomic E-state index is -2.97. The van der Waals surface area contributed by atoms with Gasteiger partial charge in [0, 0.05) is 30.6 Å². The van der Waals surface area contributed by atoms with Crippen molar-refractivity contribution >= 4 is 21.4 Å². The highest BCUT2D eigenvalue weighted by atomic mass is 32.2. The fourth-order valence-corrected chi connectivity index (χ4v) is 3.11. The maximum absolute atomic E-state index is 11.7. The number of amidine groups is 1. The summed E-state index contributed by atoms with van der Waals surface area (Å²) in [4.78, 5) is 1.86. The SMILES string of the molecule is CCCS(=O)(=O)CCN(C)c1cccc(C(=N)N)c1. The second kappa shape index (κ2) is 6.56. The normalized spacial score (nSPS) is 11.3. The predicted octanol–water partition coefficient (Wildman–Crippen LogP) is 1.23. The Labute approximate surface area is 114 Å². The molecule has 6 heteroatoms. The van der Waals surface area contributed by atoms with E-state index in [0.29, 0.717) is 18.5 Å². The lowest BCUT2D eigenvalue weighted by Crippen LogP contribution is -2.26. The topological polar surface area (TPSA) is 87.2 Å². The van der Waals surface area contributed by atoms with E-state index in [2.05, 4.69) is 0 Å². The minimum Gasteiger partial charge on any atom is -0.384 e. The lowest BCUT2D eigenvalue weighted by Gasteiger charge is -2.19. The highest BCUT2D eigenvalue weighted by Gasteiger charge is 2.11. The average molecular weight is 283 g/mol. The first-order chi connectivity index (χ1) is 8.85. The highest BCUT2D eigenvalue weighted by molar-refractivity contribution is 7.91. The Morgan fingerprint density at radius 2 is 2.05 bits per heavy atom. The number of hydrogen-bond acceptors (Lipinski definition) is 4. The van der Waals surface area contributed by atoms with Crippen LogP contribution in [0.4, 0.5) is 5.69 Å². The van der Waals surface area contributed by atoms with Crippen LogP contribution in [0.1, 0.15) is 18.9 Å². The third kappa shape index (κ3) is 4.90. The molecule has 1 aromatic carbocycles. The van der Waals surface area contributed by atoms with Gasteiger partial charge in [0.25, 0.3) is 0 Å². The van der Waals surface area contributed by atoms with Crippen molar-refractivity contribution in [1.82, 2.24) is 0 Å². The Morgan fingerprint density at radius 1 is 1.37 bits per heavy atom. The second-order valence-electron chi connectivity index (χ2n) is 4.54. The van der Waals surface area contributed by atoms with Crippen LogP contribution in [0.3, 0.4) is 0 Å². The molecule has 0 bridgehead atoms. The molecule has 0 spiro atoms. The lowest BCUT2D eigenvalue weighted by molar-refractivity contribution is 0.594. The molecular formula is C13H21N3O2S. The van der Waals surface area contributed by atoms with Crippen molar-refractivity contribution in [3.8, 4) is 0 Å². The average Bonchev–Trinajstić information content (AvgIpc) is 2.36. The Bertz CT molecular complexity index is 541. The first-order valence-corrected chi connectivity index (χ1v) is 8.04. The van der Waals surface area contributed by atoms with Crippen LogP contribution in [0.2, 0.25) is 0 Å². The summed E-state index contributed by atoms with van der Waals surface area (Å²) in [5.74, 6) is 0.379. The van der Waals surface area contributed by atoms with Gasteiger partial charge in [-0.25, -0.2) is 8.42 Å². The summed E-state index contributed by atoms with van der Waals surface area (Å²) in [7, 11) is -1.14. The number of rotatable bonds is 7. The fraction of sp³-hybridized carbons (Fsp3) is 0.462. The van der Waals surface area contributed by atoms with Gasteiger partial charge in [0.15, 0.2) is 9.84 Å². The molecule has 106 valence electrons. The Hall–Kier alpha value is -1.56. The van der Waals surface area contributed by atoms with E-state index in [1.165, 1.54) is 0 Å². The summed E-state index contributed by atoms with van der Waals surface area (Å²) in [5, 5.41) is 7.39. The standard InChI is InChI=1S/C13H21N3O2S/c1-3-8-19(17,18)9-7-16(2)12-6-4-5-11(10-12)13(14)15/h4-6,10H,3,7-9H2,1-2H3,(H3,14,15). The smallest absolute Gasteiger partial charge is 0.152 e. The Kier molecular flexibility index (Phi) is 5.35. The van der Waals surface area contributed by atoms with Crippen molar-refractivity contribution in [3.63, 3.8) is 0 Å². The van der Waals surface area contributed by atoms with Crippen molar-refractivity contribution in [3.05, 3.63) is 29.8 Å². The summed E-state index contributed by atoms with van der Waals surface area (Å²) in [5.41, 5.74) is 6.93. The number of nitrogens with two attached hydrogens (primary N) is 1. The quantitative estimate of drug-likeness (QED) is 0.582. The van der Waals surface area contributed by atoms with Gasteiger partial charge in [0.05, 0.1) is 5.75 Å². The molecule has 1 aromatic rings. The Morgan fingerprint density at radius 3 is 2.63 bits per heavy atom. The van der Waals surface area contributed by atoms with Crippen molar-refractivity contribution < 1.29 is 8.42 Å². The molecule has 3 N–H and O–H groups in total. The fourth-order valence-electron chi connectivity index (χ4n) is 1.73. The van der Waals surface area contributed by atoms with E-state index in [1.54, 1.807) is 12.1 Å². The monoisotopic (exact) mass is 283 g/mol. The minimum absolute atomic E-state index is 0.00820. The number of anilines is 1. The first-order valence-electron chi connectivity index (χ1n) is 6.21. The molecule has 0 radical (unpaired) electrons. The summed E-state index contributed by atoms with van der Waals surface area (Å²) in [6.45, 7) is 2.29. The number of sulfone groups is 1. The molecule has 0 saturated carbocycles. The van der Waals surface area contributed by atoms with Gasteiger partial charge in [-0.1, -0.05) is 19.1 Å². The van der Waals surface area contributed by atoms with Gasteiger partial charge in [-0.3, -0.25) is 5.41 Å². The summed E-state index contributed by atoms with van der Waals surface area (Å²) in [6, 6.07) is 7.23. The van der Waals surface area contributed by atoms with E-state index in [4.69, 9.17) is 11.1 Å². The van der Waals surface area contributed by atoms with E-state index in [1.807, 2.05) is 31.0 Å². The number of nitrogens with zero attached hydrogens (tertiary/aromatic N) is 1. The number of hydrogen-bond donors (Lipinski definition) is 2. The van der Waals surface area contributed by atoms with Gasteiger partial charge < -0.3 is 10.6 Å². The van der Waals surface area contributed by atoms with Gasteiger partial charge in [0.2, 0.25) is 0 Å². The first kappa shape index (κ1) is 15.5. The van der Waals surface area contributed by atoms with Gasteiger partial charge in [-0.15, -0.1) is 0 Å². The molecule has 0 atom stereocenters. The van der Waals surface area contributed by atoms with Crippen LogP contribution < -0.4 is 10.6 Å². The molecule has 0 aromatic heterocycles. The van der Waals surface area contributed by atoms with Gasteiger partial charge in [-0.2, -0.15) is 0 Å². The maximum atomic E-state index is 11.7. The molecule has 0 fully saturated rings. The zero-order valence-corrected chi connectivity index (χ0v) is 12.2. The molecule has 0 amide bonds. The second-order valence-corrected chi connectivity index (χ2v) is 6.84. The third-order valence-electron chi connectivity index (χ3n) is 2.85. The number of benzene rings is 1. The van der Waals surface area contributed by atoms with Crippen molar-refractivity contribution in [2.24, 2.45) is 5.73 Å². The van der Waals surface area contributed by atoms with Gasteiger partial charge >= 0.3 is 0 Å². The molecule has 0 aliphatic rings. The molecule has 1 rings (SSSR count). The summed E-state index contributed by atoms with van der Waals surface area (Å²) < 4.78 is 23.3. The van der Waals surface area contributed by atoms with Crippen molar-refractivity contribution in [2.75, 3.05) is 30.0 Å². The molecule has 5 nitrogen and oxygen atoms in total. The number of nitrogen functional groups attached to an aromatic ring is 1. The van der Waals surface area contributed by atoms with Crippen molar-refractivity contribution in [1.29, 1.82) is 5.41 Å². The van der Waals surface area contributed by atoms with Crippen LogP contribution in [0.15, 0.2) is 24.3 Å². The maximum Gasteiger partial charge on any atom is 0.152 e. The molecular weight excluding hydrogens is 262 g/mol. The molecule has 0 heterocycles. The van der Waals surface area contributed by atoms with Crippen LogP contribution in [-0.4, -0.2) is 39.4 Å². The molecule has 0 aliphatic heterocycles. The van der Waals surface area contributed by atoms with Crippen LogP contribution in [-0.2, 0) is 9.84 Å². The van der Waals surface area contributed by atoms with E-state index < -0.39 is 9.84 Å². The zero-order valence-electron chi connectivity index (χ0n) is 11.4. The van der Waals surface area contributed by atoms with Crippen LogP contribution in [0.25, 0.3) is 0 Å². The van der Waals surface area contributed by atoms with E-state index in [9.17, 15) is 8.42 Å². The van der Waals surface area contributed by atoms with E-state index >= 15 is 0 Å². The molecule has 0 unspecified atom stereocenters. The molecule has 0 saturated heterocycles. The van der Waals surface area contributed by atoms with E-state index in [-0.39, 0.29) is 17.3 Å². The van der Waals surface area contributed by atoms with Crippen molar-refractivity contribution in [2.45, 2.75) is 13.3 Å². The van der Waals surface area contributed by atoms with Gasteiger partial charge in [0.1, 0.15) is 5.84 Å². The number of nitrogens with one attached hydrogen (secondary N) is 1. The zero-order chi connectivity index (χ0) is 14.5. The van der Waals surface area contributed by atoms with Crippen LogP contribution in [0, 0.1) is 5.41 Å². The predicted molar refractivity (Wildman–Crippen MR) is 79.7 cm³/mol. The summed E-state index contributed by atoms with van der Waals surface area (Å²) >= 11 is 0. The largest absolute Gasteiger partial charge is 0.384 e. The van der Waals surface area contributed by atoms with Crippen LogP contribution >= 0.6 is 0 Å². The third-order valence-corrected chi connectivity index (χ3v) is 4.69. The molecule has 19 heavy (non-hydrogen) atoms.